The Morgan fingerprint density at radius 2 is 1.95 bits per heavy atom. The third kappa shape index (κ3) is 4.24. The Morgan fingerprint density at radius 1 is 1.14 bits per heavy atom. The summed E-state index contributed by atoms with van der Waals surface area (Å²) >= 11 is 3.21. The Kier molecular flexibility index (Phi) is 5.67. The lowest BCUT2D eigenvalue weighted by Gasteiger charge is -2.09. The molecular weight excluding hydrogens is 333 g/mol. The highest BCUT2D eigenvalue weighted by Gasteiger charge is 2.09. The summed E-state index contributed by atoms with van der Waals surface area (Å²) < 4.78 is 13.8. The van der Waals surface area contributed by atoms with Gasteiger partial charge in [0.05, 0.1) is 4.47 Å². The number of anilines is 1. The maximum absolute atomic E-state index is 13.4. The fourth-order valence-electron chi connectivity index (χ4n) is 1.99. The monoisotopic (exact) mass is 351 g/mol. The summed E-state index contributed by atoms with van der Waals surface area (Å²) in [7, 11) is 0. The first-order valence-corrected chi connectivity index (χ1v) is 8.00. The third-order valence-electron chi connectivity index (χ3n) is 3.02. The average molecular weight is 352 g/mol. The molecule has 0 aliphatic heterocycles. The van der Waals surface area contributed by atoms with Crippen molar-refractivity contribution in [3.8, 4) is 11.4 Å². The normalized spacial score (nSPS) is 10.7. The number of hydrogen-bond donors (Lipinski definition) is 1. The predicted molar refractivity (Wildman–Crippen MR) is 87.9 cm³/mol. The Hall–Kier alpha value is -1.49. The van der Waals surface area contributed by atoms with Gasteiger partial charge in [0.25, 0.3) is 0 Å². The fraction of sp³-hybridized carbons (Fsp3) is 0.375. The molecule has 0 saturated carbocycles. The first-order chi connectivity index (χ1) is 10.1. The van der Waals surface area contributed by atoms with E-state index in [1.165, 1.54) is 6.07 Å². The zero-order chi connectivity index (χ0) is 15.2. The maximum Gasteiger partial charge on any atom is 0.161 e. The minimum absolute atomic E-state index is 0.284. The molecule has 1 N–H and O–H groups in total. The number of nitrogens with one attached hydrogen (secondary N) is 1. The first kappa shape index (κ1) is 15.9. The van der Waals surface area contributed by atoms with Crippen LogP contribution in [0, 0.1) is 5.82 Å². The van der Waals surface area contributed by atoms with Crippen molar-refractivity contribution < 1.29 is 4.39 Å². The lowest BCUT2D eigenvalue weighted by Crippen LogP contribution is -2.05. The summed E-state index contributed by atoms with van der Waals surface area (Å²) in [5.74, 6) is 1.17. The quantitative estimate of drug-likeness (QED) is 0.810. The van der Waals surface area contributed by atoms with E-state index < -0.39 is 0 Å². The molecule has 2 rings (SSSR count). The Balaban J connectivity index is 2.40. The van der Waals surface area contributed by atoms with Crippen LogP contribution >= 0.6 is 15.9 Å². The van der Waals surface area contributed by atoms with Crippen molar-refractivity contribution >= 4 is 21.7 Å². The van der Waals surface area contributed by atoms with E-state index in [9.17, 15) is 4.39 Å². The zero-order valence-corrected chi connectivity index (χ0v) is 13.9. The SMILES string of the molecule is CCCNc1cc(CCC)nc(-c2ccc(F)c(Br)c2)n1. The molecule has 3 nitrogen and oxygen atoms in total. The molecule has 0 aliphatic carbocycles. The van der Waals surface area contributed by atoms with Crippen LogP contribution in [0.2, 0.25) is 0 Å². The average Bonchev–Trinajstić information content (AvgIpc) is 2.48. The molecule has 112 valence electrons. The highest BCUT2D eigenvalue weighted by molar-refractivity contribution is 9.10. The van der Waals surface area contributed by atoms with Crippen LogP contribution in [-0.2, 0) is 6.42 Å². The number of benzene rings is 1. The van der Waals surface area contributed by atoms with Gasteiger partial charge in [-0.15, -0.1) is 0 Å². The van der Waals surface area contributed by atoms with E-state index in [0.29, 0.717) is 10.3 Å². The Labute approximate surface area is 133 Å². The molecule has 0 fully saturated rings. The molecule has 1 aromatic carbocycles. The predicted octanol–water partition coefficient (Wildman–Crippen LogP) is 4.82. The molecule has 0 bridgehead atoms. The van der Waals surface area contributed by atoms with Crippen LogP contribution < -0.4 is 5.32 Å². The molecule has 0 atom stereocenters. The summed E-state index contributed by atoms with van der Waals surface area (Å²) in [6.07, 6.45) is 2.96. The number of nitrogens with zero attached hydrogens (tertiary/aromatic N) is 2. The van der Waals surface area contributed by atoms with Gasteiger partial charge in [0.15, 0.2) is 5.82 Å². The number of rotatable bonds is 6. The van der Waals surface area contributed by atoms with Crippen LogP contribution in [0.5, 0.6) is 0 Å². The van der Waals surface area contributed by atoms with Crippen molar-refractivity contribution in [1.29, 1.82) is 0 Å². The topological polar surface area (TPSA) is 37.8 Å². The molecule has 1 aromatic heterocycles. The third-order valence-corrected chi connectivity index (χ3v) is 3.63. The van der Waals surface area contributed by atoms with Crippen molar-refractivity contribution in [3.05, 3.63) is 40.2 Å². The molecule has 2 aromatic rings. The minimum Gasteiger partial charge on any atom is -0.370 e. The lowest BCUT2D eigenvalue weighted by atomic mass is 10.2. The van der Waals surface area contributed by atoms with Crippen LogP contribution in [0.1, 0.15) is 32.4 Å². The van der Waals surface area contributed by atoms with Gasteiger partial charge >= 0.3 is 0 Å². The van der Waals surface area contributed by atoms with Crippen molar-refractivity contribution in [2.24, 2.45) is 0 Å². The van der Waals surface area contributed by atoms with Gasteiger partial charge in [-0.1, -0.05) is 20.3 Å². The highest BCUT2D eigenvalue weighted by atomic mass is 79.9. The van der Waals surface area contributed by atoms with E-state index in [4.69, 9.17) is 0 Å². The maximum atomic E-state index is 13.4. The van der Waals surface area contributed by atoms with Crippen molar-refractivity contribution in [3.63, 3.8) is 0 Å². The fourth-order valence-corrected chi connectivity index (χ4v) is 2.37. The smallest absolute Gasteiger partial charge is 0.161 e. The second-order valence-corrected chi connectivity index (χ2v) is 5.73. The molecule has 0 spiro atoms. The van der Waals surface area contributed by atoms with Crippen LogP contribution in [0.3, 0.4) is 0 Å². The van der Waals surface area contributed by atoms with Gasteiger partial charge in [-0.25, -0.2) is 14.4 Å². The second-order valence-electron chi connectivity index (χ2n) is 4.87. The van der Waals surface area contributed by atoms with Crippen molar-refractivity contribution in [2.75, 3.05) is 11.9 Å². The Morgan fingerprint density at radius 3 is 2.62 bits per heavy atom. The number of halogens is 2. The van der Waals surface area contributed by atoms with Crippen molar-refractivity contribution in [1.82, 2.24) is 9.97 Å². The van der Waals surface area contributed by atoms with Crippen LogP contribution in [0.25, 0.3) is 11.4 Å². The van der Waals surface area contributed by atoms with Crippen LogP contribution in [-0.4, -0.2) is 16.5 Å². The number of hydrogen-bond acceptors (Lipinski definition) is 3. The summed E-state index contributed by atoms with van der Waals surface area (Å²) in [6.45, 7) is 5.10. The van der Waals surface area contributed by atoms with E-state index in [2.05, 4.69) is 45.1 Å². The number of aromatic nitrogens is 2. The van der Waals surface area contributed by atoms with Crippen LogP contribution in [0.4, 0.5) is 10.2 Å². The van der Waals surface area contributed by atoms with E-state index in [1.54, 1.807) is 12.1 Å². The molecule has 0 saturated heterocycles. The van der Waals surface area contributed by atoms with Gasteiger partial charge in [0.1, 0.15) is 11.6 Å². The number of aryl methyl sites for hydroxylation is 1. The Bertz CT molecular complexity index is 616. The molecule has 0 radical (unpaired) electrons. The first-order valence-electron chi connectivity index (χ1n) is 7.21. The van der Waals surface area contributed by atoms with Crippen LogP contribution in [0.15, 0.2) is 28.7 Å². The summed E-state index contributed by atoms with van der Waals surface area (Å²) in [5, 5.41) is 3.29. The molecule has 21 heavy (non-hydrogen) atoms. The molecule has 0 aliphatic rings. The zero-order valence-electron chi connectivity index (χ0n) is 12.3. The summed E-state index contributed by atoms with van der Waals surface area (Å²) in [4.78, 5) is 9.11. The summed E-state index contributed by atoms with van der Waals surface area (Å²) in [5.41, 5.74) is 1.81. The van der Waals surface area contributed by atoms with Gasteiger partial charge in [0, 0.05) is 23.9 Å². The van der Waals surface area contributed by atoms with Gasteiger partial charge in [0.2, 0.25) is 0 Å². The molecular formula is C16H19BrFN3. The summed E-state index contributed by atoms with van der Waals surface area (Å²) in [6, 6.07) is 6.83. The minimum atomic E-state index is -0.284. The van der Waals surface area contributed by atoms with Gasteiger partial charge in [-0.3, -0.25) is 0 Å². The van der Waals surface area contributed by atoms with Gasteiger partial charge in [-0.2, -0.15) is 0 Å². The lowest BCUT2D eigenvalue weighted by molar-refractivity contribution is 0.621. The standard InChI is InChI=1S/C16H19BrFN3/c1-3-5-12-10-15(19-8-4-2)21-16(20-12)11-6-7-14(18)13(17)9-11/h6-7,9-10H,3-5,8H2,1-2H3,(H,19,20,21). The van der Waals surface area contributed by atoms with E-state index in [-0.39, 0.29) is 5.82 Å². The van der Waals surface area contributed by atoms with E-state index in [1.807, 2.05) is 6.07 Å². The van der Waals surface area contributed by atoms with E-state index in [0.717, 1.165) is 42.9 Å². The van der Waals surface area contributed by atoms with Gasteiger partial charge < -0.3 is 5.32 Å². The highest BCUT2D eigenvalue weighted by Crippen LogP contribution is 2.24. The molecule has 1 heterocycles. The van der Waals surface area contributed by atoms with Crippen molar-refractivity contribution in [2.45, 2.75) is 33.1 Å². The second kappa shape index (κ2) is 7.50. The molecule has 0 amide bonds. The molecule has 5 heteroatoms. The van der Waals surface area contributed by atoms with Gasteiger partial charge in [-0.05, 0) is 47.0 Å². The van der Waals surface area contributed by atoms with E-state index >= 15 is 0 Å². The largest absolute Gasteiger partial charge is 0.370 e. The molecule has 0 unspecified atom stereocenters.